The van der Waals surface area contributed by atoms with Gasteiger partial charge in [0.2, 0.25) is 0 Å². The molecule has 0 saturated carbocycles. The number of rotatable bonds is 6. The summed E-state index contributed by atoms with van der Waals surface area (Å²) in [5.74, 6) is 0.319. The van der Waals surface area contributed by atoms with Crippen molar-refractivity contribution in [1.29, 1.82) is 0 Å². The monoisotopic (exact) mass is 516 g/mol. The molecule has 1 unspecified atom stereocenters. The van der Waals surface area contributed by atoms with E-state index in [4.69, 9.17) is 9.05 Å². The number of phosphoric acid groups is 2. The Morgan fingerprint density at radius 1 is 0.686 bits per heavy atom. The molecule has 0 fully saturated rings. The zero-order chi connectivity index (χ0) is 25.8. The van der Waals surface area contributed by atoms with Crippen molar-refractivity contribution in [3.63, 3.8) is 0 Å². The van der Waals surface area contributed by atoms with Crippen LogP contribution in [0.3, 0.4) is 0 Å². The van der Waals surface area contributed by atoms with Gasteiger partial charge in [0.25, 0.3) is 0 Å². The molecule has 0 bridgehead atoms. The molecule has 0 aromatic heterocycles. The second-order valence-corrected chi connectivity index (χ2v) is 13.5. The van der Waals surface area contributed by atoms with Crippen molar-refractivity contribution < 1.29 is 32.3 Å². The van der Waals surface area contributed by atoms with Crippen molar-refractivity contribution in [3.05, 3.63) is 71.8 Å². The van der Waals surface area contributed by atoms with Crippen LogP contribution in [0.15, 0.2) is 60.7 Å². The molecule has 0 aliphatic heterocycles. The molecular weight excluding hydrogens is 486 g/mol. The SMILES string of the molecule is CC(C)(C)c1ccc(OP(=O)(Oc2cccc3c2-c2ccccc2-3)OP(=O)(O)O)c(C(C)(C)C)c1. The Morgan fingerprint density at radius 3 is 1.89 bits per heavy atom. The van der Waals surface area contributed by atoms with E-state index in [9.17, 15) is 18.9 Å². The highest BCUT2D eigenvalue weighted by atomic mass is 31.3. The summed E-state index contributed by atoms with van der Waals surface area (Å²) >= 11 is 0. The lowest BCUT2D eigenvalue weighted by Crippen LogP contribution is -2.18. The van der Waals surface area contributed by atoms with Gasteiger partial charge < -0.3 is 18.8 Å². The highest BCUT2D eigenvalue weighted by Crippen LogP contribution is 2.63. The largest absolute Gasteiger partial charge is 0.596 e. The fourth-order valence-corrected chi connectivity index (χ4v) is 6.21. The van der Waals surface area contributed by atoms with Crippen LogP contribution in [-0.4, -0.2) is 9.79 Å². The summed E-state index contributed by atoms with van der Waals surface area (Å²) in [6.07, 6.45) is 0. The lowest BCUT2D eigenvalue weighted by Gasteiger charge is -2.30. The summed E-state index contributed by atoms with van der Waals surface area (Å²) in [7, 11) is -10.1. The maximum Gasteiger partial charge on any atom is 0.596 e. The Kier molecular flexibility index (Phi) is 6.32. The van der Waals surface area contributed by atoms with Crippen LogP contribution < -0.4 is 9.05 Å². The van der Waals surface area contributed by atoms with Crippen LogP contribution in [0.5, 0.6) is 11.5 Å². The number of hydrogen-bond donors (Lipinski definition) is 2. The highest BCUT2D eigenvalue weighted by Gasteiger charge is 2.42. The first kappa shape index (κ1) is 25.7. The van der Waals surface area contributed by atoms with Gasteiger partial charge >= 0.3 is 15.6 Å². The zero-order valence-electron chi connectivity index (χ0n) is 20.6. The summed E-state index contributed by atoms with van der Waals surface area (Å²) in [5, 5.41) is 0. The molecule has 186 valence electrons. The Labute approximate surface area is 205 Å². The van der Waals surface area contributed by atoms with Crippen LogP contribution in [-0.2, 0) is 24.3 Å². The molecule has 4 rings (SSSR count). The van der Waals surface area contributed by atoms with Gasteiger partial charge in [0.15, 0.2) is 0 Å². The second kappa shape index (κ2) is 8.62. The standard InChI is InChI=1S/C26H30O7P2/c1-25(2,3)17-14-15-22(21(16-17)26(4,5)6)31-35(30,33-34(27,28)29)32-23-13-9-12-20-18-10-7-8-11-19(18)24(20)23/h7-16H,1-6H3,(H2,27,28,29). The molecule has 3 aromatic rings. The van der Waals surface area contributed by atoms with Gasteiger partial charge in [-0.2, -0.15) is 4.31 Å². The van der Waals surface area contributed by atoms with E-state index >= 15 is 0 Å². The van der Waals surface area contributed by atoms with Crippen LogP contribution in [0.1, 0.15) is 52.7 Å². The predicted octanol–water partition coefficient (Wildman–Crippen LogP) is 7.60. The minimum absolute atomic E-state index is 0.152. The van der Waals surface area contributed by atoms with E-state index < -0.39 is 21.1 Å². The van der Waals surface area contributed by atoms with Crippen LogP contribution in [0, 0.1) is 0 Å². The Bertz CT molecular complexity index is 1380. The van der Waals surface area contributed by atoms with E-state index in [1.165, 1.54) is 0 Å². The van der Waals surface area contributed by atoms with Gasteiger partial charge in [-0.3, -0.25) is 0 Å². The summed E-state index contributed by atoms with van der Waals surface area (Å²) in [4.78, 5) is 19.1. The summed E-state index contributed by atoms with van der Waals surface area (Å²) in [6, 6.07) is 18.2. The Balaban J connectivity index is 1.77. The molecule has 1 atom stereocenters. The molecule has 0 spiro atoms. The molecule has 0 radical (unpaired) electrons. The predicted molar refractivity (Wildman–Crippen MR) is 137 cm³/mol. The van der Waals surface area contributed by atoms with Gasteiger partial charge in [-0.15, -0.1) is 0 Å². The maximum atomic E-state index is 13.8. The molecule has 3 aromatic carbocycles. The third kappa shape index (κ3) is 5.40. The quantitative estimate of drug-likeness (QED) is 0.254. The van der Waals surface area contributed by atoms with E-state index in [2.05, 4.69) is 25.1 Å². The molecule has 35 heavy (non-hydrogen) atoms. The first-order valence-corrected chi connectivity index (χ1v) is 14.2. The van der Waals surface area contributed by atoms with Gasteiger partial charge in [-0.1, -0.05) is 90.1 Å². The van der Waals surface area contributed by atoms with Crippen molar-refractivity contribution in [2.24, 2.45) is 0 Å². The van der Waals surface area contributed by atoms with Crippen molar-refractivity contribution in [1.82, 2.24) is 0 Å². The number of benzene rings is 3. The van der Waals surface area contributed by atoms with Crippen molar-refractivity contribution in [2.75, 3.05) is 0 Å². The van der Waals surface area contributed by atoms with Gasteiger partial charge in [-0.05, 0) is 45.2 Å². The number of fused-ring (bicyclic) bond motifs is 4. The second-order valence-electron chi connectivity index (χ2n) is 10.6. The third-order valence-electron chi connectivity index (χ3n) is 5.79. The van der Waals surface area contributed by atoms with Crippen LogP contribution >= 0.6 is 15.6 Å². The van der Waals surface area contributed by atoms with Crippen molar-refractivity contribution in [3.8, 4) is 33.8 Å². The topological polar surface area (TPSA) is 102 Å². The van der Waals surface area contributed by atoms with Gasteiger partial charge in [0.05, 0.1) is 0 Å². The average Bonchev–Trinajstić information content (AvgIpc) is 2.68. The minimum atomic E-state index is -5.24. The number of phosphoric ester groups is 1. The fourth-order valence-electron chi connectivity index (χ4n) is 4.07. The molecule has 1 aliphatic carbocycles. The zero-order valence-corrected chi connectivity index (χ0v) is 22.4. The molecule has 0 saturated heterocycles. The van der Waals surface area contributed by atoms with E-state index in [-0.39, 0.29) is 16.9 Å². The maximum absolute atomic E-state index is 13.8. The number of hydrogen-bond acceptors (Lipinski definition) is 5. The first-order valence-electron chi connectivity index (χ1n) is 11.2. The fraction of sp³-hybridized carbons (Fsp3) is 0.308. The van der Waals surface area contributed by atoms with Crippen LogP contribution in [0.4, 0.5) is 0 Å². The summed E-state index contributed by atoms with van der Waals surface area (Å²) < 4.78 is 41.7. The van der Waals surface area contributed by atoms with Crippen molar-refractivity contribution in [2.45, 2.75) is 52.4 Å². The average molecular weight is 516 g/mol. The van der Waals surface area contributed by atoms with Gasteiger partial charge in [-0.25, -0.2) is 9.13 Å². The molecule has 1 aliphatic rings. The molecular formula is C26H30O7P2. The molecule has 7 nitrogen and oxygen atoms in total. The van der Waals surface area contributed by atoms with E-state index in [0.717, 1.165) is 22.3 Å². The van der Waals surface area contributed by atoms with E-state index in [0.29, 0.717) is 11.1 Å². The van der Waals surface area contributed by atoms with E-state index in [1.54, 1.807) is 18.2 Å². The van der Waals surface area contributed by atoms with E-state index in [1.807, 2.05) is 63.2 Å². The molecule has 0 heterocycles. The molecule has 9 heteroatoms. The summed E-state index contributed by atoms with van der Waals surface area (Å²) in [5.41, 5.74) is 4.60. The van der Waals surface area contributed by atoms with Crippen LogP contribution in [0.25, 0.3) is 22.3 Å². The minimum Gasteiger partial charge on any atom is -0.394 e. The van der Waals surface area contributed by atoms with Crippen LogP contribution in [0.2, 0.25) is 0 Å². The lowest BCUT2D eigenvalue weighted by molar-refractivity contribution is 0.233. The summed E-state index contributed by atoms with van der Waals surface area (Å²) in [6.45, 7) is 12.1. The van der Waals surface area contributed by atoms with Crippen molar-refractivity contribution >= 4 is 15.6 Å². The lowest BCUT2D eigenvalue weighted by atomic mass is 9.80. The van der Waals surface area contributed by atoms with Gasteiger partial charge in [0.1, 0.15) is 11.5 Å². The molecule has 2 N–H and O–H groups in total. The Morgan fingerprint density at radius 2 is 1.29 bits per heavy atom. The highest BCUT2D eigenvalue weighted by molar-refractivity contribution is 7.61. The first-order chi connectivity index (χ1) is 16.1. The van der Waals surface area contributed by atoms with Gasteiger partial charge in [0, 0.05) is 11.1 Å². The smallest absolute Gasteiger partial charge is 0.394 e. The normalized spacial score (nSPS) is 14.9. The molecule has 0 amide bonds. The third-order valence-corrected chi connectivity index (χ3v) is 8.28. The Hall–Kier alpha value is -2.40.